The molecule has 1 N–H and O–H groups in total. The maximum Gasteiger partial charge on any atom is 0.299 e. The zero-order valence-corrected chi connectivity index (χ0v) is 13.4. The van der Waals surface area contributed by atoms with Crippen LogP contribution in [-0.4, -0.2) is 15.6 Å². The topological polar surface area (TPSA) is 79.6 Å². The molecule has 3 rings (SSSR count). The second-order valence-electron chi connectivity index (χ2n) is 5.37. The number of carbonyl (C=O) groups is 1. The SMILES string of the molecule is CC(=O)c1cccc(N=Nc2c(C)[nH]n(-c3ccccc3)c2=O)c1. The molecule has 0 aliphatic rings. The molecule has 1 heterocycles. The van der Waals surface area contributed by atoms with Crippen LogP contribution >= 0.6 is 0 Å². The summed E-state index contributed by atoms with van der Waals surface area (Å²) in [6.45, 7) is 3.26. The van der Waals surface area contributed by atoms with Crippen molar-refractivity contribution in [2.24, 2.45) is 10.2 Å². The van der Waals surface area contributed by atoms with Crippen LogP contribution in [0.3, 0.4) is 0 Å². The maximum absolute atomic E-state index is 12.5. The van der Waals surface area contributed by atoms with E-state index in [-0.39, 0.29) is 17.0 Å². The van der Waals surface area contributed by atoms with Crippen LogP contribution < -0.4 is 5.56 Å². The number of H-pyrrole nitrogens is 1. The normalized spacial score (nSPS) is 11.1. The van der Waals surface area contributed by atoms with Crippen molar-refractivity contribution in [2.75, 3.05) is 0 Å². The van der Waals surface area contributed by atoms with Crippen molar-refractivity contribution in [1.82, 2.24) is 9.78 Å². The molecule has 0 saturated carbocycles. The zero-order valence-electron chi connectivity index (χ0n) is 13.4. The van der Waals surface area contributed by atoms with Gasteiger partial charge in [-0.05, 0) is 38.1 Å². The number of nitrogens with zero attached hydrogens (tertiary/aromatic N) is 3. The summed E-state index contributed by atoms with van der Waals surface area (Å²) in [5.74, 6) is -0.0451. The molecule has 0 saturated heterocycles. The van der Waals surface area contributed by atoms with Crippen molar-refractivity contribution in [2.45, 2.75) is 13.8 Å². The zero-order chi connectivity index (χ0) is 17.1. The van der Waals surface area contributed by atoms with Gasteiger partial charge in [0.25, 0.3) is 5.56 Å². The number of rotatable bonds is 4. The van der Waals surface area contributed by atoms with Crippen molar-refractivity contribution in [3.05, 3.63) is 76.2 Å². The van der Waals surface area contributed by atoms with E-state index in [9.17, 15) is 9.59 Å². The van der Waals surface area contributed by atoms with Gasteiger partial charge in [-0.25, -0.2) is 4.68 Å². The van der Waals surface area contributed by atoms with Gasteiger partial charge in [-0.2, -0.15) is 5.11 Å². The van der Waals surface area contributed by atoms with Gasteiger partial charge in [0.15, 0.2) is 11.5 Å². The molecule has 2 aromatic carbocycles. The first-order valence-electron chi connectivity index (χ1n) is 7.46. The summed E-state index contributed by atoms with van der Waals surface area (Å²) in [6, 6.07) is 16.1. The molecule has 0 spiro atoms. The third kappa shape index (κ3) is 3.08. The molecule has 0 fully saturated rings. The molecule has 0 bridgehead atoms. The standard InChI is InChI=1S/C18H16N4O2/c1-12-17(18(24)22(21-12)16-9-4-3-5-10-16)20-19-15-8-6-7-14(11-15)13(2)23/h3-11,21H,1-2H3. The molecule has 0 radical (unpaired) electrons. The molecule has 0 aliphatic heterocycles. The molecule has 24 heavy (non-hydrogen) atoms. The average Bonchev–Trinajstić information content (AvgIpc) is 2.88. The number of aromatic nitrogens is 2. The maximum atomic E-state index is 12.5. The number of benzene rings is 2. The van der Waals surface area contributed by atoms with Crippen molar-refractivity contribution in [3.63, 3.8) is 0 Å². The fraction of sp³-hybridized carbons (Fsp3) is 0.111. The van der Waals surface area contributed by atoms with Gasteiger partial charge in [-0.1, -0.05) is 30.3 Å². The largest absolute Gasteiger partial charge is 0.299 e. The number of aryl methyl sites for hydroxylation is 1. The van der Waals surface area contributed by atoms with E-state index in [1.807, 2.05) is 30.3 Å². The lowest BCUT2D eigenvalue weighted by atomic mass is 10.1. The number of nitrogens with one attached hydrogen (secondary N) is 1. The highest BCUT2D eigenvalue weighted by Crippen LogP contribution is 2.20. The van der Waals surface area contributed by atoms with E-state index in [2.05, 4.69) is 15.3 Å². The minimum atomic E-state index is -0.273. The Hall–Kier alpha value is -3.28. The van der Waals surface area contributed by atoms with Gasteiger partial charge in [-0.15, -0.1) is 5.11 Å². The van der Waals surface area contributed by atoms with Gasteiger partial charge in [0, 0.05) is 5.56 Å². The lowest BCUT2D eigenvalue weighted by Crippen LogP contribution is -2.13. The molecule has 0 amide bonds. The van der Waals surface area contributed by atoms with E-state index in [1.165, 1.54) is 11.6 Å². The minimum Gasteiger partial charge on any atom is -0.295 e. The monoisotopic (exact) mass is 320 g/mol. The van der Waals surface area contributed by atoms with Crippen molar-refractivity contribution < 1.29 is 4.79 Å². The summed E-state index contributed by atoms with van der Waals surface area (Å²) in [4.78, 5) is 23.9. The number of Topliss-reactive ketones (excluding diaryl/α,β-unsaturated/α-hetero) is 1. The van der Waals surface area contributed by atoms with Crippen LogP contribution in [-0.2, 0) is 0 Å². The fourth-order valence-corrected chi connectivity index (χ4v) is 2.31. The molecule has 6 nitrogen and oxygen atoms in total. The van der Waals surface area contributed by atoms with Gasteiger partial charge in [-0.3, -0.25) is 14.7 Å². The first-order valence-corrected chi connectivity index (χ1v) is 7.46. The number of hydrogen-bond acceptors (Lipinski definition) is 4. The summed E-state index contributed by atoms with van der Waals surface area (Å²) in [7, 11) is 0. The molecule has 3 aromatic rings. The third-order valence-electron chi connectivity index (χ3n) is 3.57. The fourth-order valence-electron chi connectivity index (χ4n) is 2.31. The van der Waals surface area contributed by atoms with Gasteiger partial charge in [0.2, 0.25) is 0 Å². The lowest BCUT2D eigenvalue weighted by Gasteiger charge is -1.99. The molecule has 0 aliphatic carbocycles. The van der Waals surface area contributed by atoms with Crippen LogP contribution in [0, 0.1) is 6.92 Å². The second-order valence-corrected chi connectivity index (χ2v) is 5.37. The lowest BCUT2D eigenvalue weighted by molar-refractivity contribution is 0.101. The highest BCUT2D eigenvalue weighted by atomic mass is 16.1. The Balaban J connectivity index is 1.97. The first kappa shape index (κ1) is 15.6. The molecule has 120 valence electrons. The smallest absolute Gasteiger partial charge is 0.295 e. The average molecular weight is 320 g/mol. The number of aromatic amines is 1. The molecule has 1 aromatic heterocycles. The summed E-state index contributed by atoms with van der Waals surface area (Å²) in [6.07, 6.45) is 0. The van der Waals surface area contributed by atoms with Gasteiger partial charge >= 0.3 is 0 Å². The van der Waals surface area contributed by atoms with Gasteiger partial charge in [0.1, 0.15) is 0 Å². The van der Waals surface area contributed by atoms with Crippen molar-refractivity contribution >= 4 is 17.2 Å². The predicted octanol–water partition coefficient (Wildman–Crippen LogP) is 4.09. The highest BCUT2D eigenvalue weighted by molar-refractivity contribution is 5.94. The minimum absolute atomic E-state index is 0.0451. The first-order chi connectivity index (χ1) is 11.6. The van der Waals surface area contributed by atoms with Gasteiger partial charge in [0.05, 0.1) is 17.1 Å². The molecule has 0 unspecified atom stereocenters. The number of para-hydroxylation sites is 1. The Morgan fingerprint density at radius 2 is 1.79 bits per heavy atom. The predicted molar refractivity (Wildman–Crippen MR) is 91.7 cm³/mol. The summed E-state index contributed by atoms with van der Waals surface area (Å²) < 4.78 is 1.43. The Morgan fingerprint density at radius 3 is 2.50 bits per heavy atom. The third-order valence-corrected chi connectivity index (χ3v) is 3.57. The highest BCUT2D eigenvalue weighted by Gasteiger charge is 2.11. The van der Waals surface area contributed by atoms with Crippen molar-refractivity contribution in [3.8, 4) is 5.69 Å². The van der Waals surface area contributed by atoms with Gasteiger partial charge < -0.3 is 0 Å². The van der Waals surface area contributed by atoms with E-state index in [0.717, 1.165) is 5.69 Å². The Kier molecular flexibility index (Phi) is 4.20. The Labute approximate surface area is 138 Å². The second kappa shape index (κ2) is 6.45. The summed E-state index contributed by atoms with van der Waals surface area (Å²) >= 11 is 0. The summed E-state index contributed by atoms with van der Waals surface area (Å²) in [5.41, 5.74) is 2.39. The number of carbonyl (C=O) groups excluding carboxylic acids is 1. The summed E-state index contributed by atoms with van der Waals surface area (Å²) in [5, 5.41) is 11.2. The Morgan fingerprint density at radius 1 is 1.04 bits per heavy atom. The Bertz CT molecular complexity index is 968. The molecule has 6 heteroatoms. The number of hydrogen-bond donors (Lipinski definition) is 1. The van der Waals surface area contributed by atoms with Crippen LogP contribution in [0.2, 0.25) is 0 Å². The van der Waals surface area contributed by atoms with E-state index >= 15 is 0 Å². The molecule has 0 atom stereocenters. The van der Waals surface area contributed by atoms with Crippen molar-refractivity contribution in [1.29, 1.82) is 0 Å². The van der Waals surface area contributed by atoms with E-state index in [0.29, 0.717) is 16.9 Å². The van der Waals surface area contributed by atoms with Crippen LogP contribution in [0.5, 0.6) is 0 Å². The van der Waals surface area contributed by atoms with Crippen LogP contribution in [0.25, 0.3) is 5.69 Å². The number of azo groups is 1. The van der Waals surface area contributed by atoms with E-state index in [1.54, 1.807) is 31.2 Å². The van der Waals surface area contributed by atoms with Crippen LogP contribution in [0.15, 0.2) is 69.6 Å². The van der Waals surface area contributed by atoms with Crippen LogP contribution in [0.4, 0.5) is 11.4 Å². The van der Waals surface area contributed by atoms with E-state index < -0.39 is 0 Å². The van der Waals surface area contributed by atoms with E-state index in [4.69, 9.17) is 0 Å². The number of ketones is 1. The molecular formula is C18H16N4O2. The van der Waals surface area contributed by atoms with Crippen LogP contribution in [0.1, 0.15) is 23.0 Å². The molecular weight excluding hydrogens is 304 g/mol. The quantitative estimate of drug-likeness (QED) is 0.580.